The van der Waals surface area contributed by atoms with Crippen molar-refractivity contribution in [1.82, 2.24) is 4.98 Å². The minimum absolute atomic E-state index is 0.423. The summed E-state index contributed by atoms with van der Waals surface area (Å²) < 4.78 is 11.4. The lowest BCUT2D eigenvalue weighted by Crippen LogP contribution is -1.99. The van der Waals surface area contributed by atoms with Crippen LogP contribution in [0.3, 0.4) is 0 Å². The van der Waals surface area contributed by atoms with Crippen molar-refractivity contribution in [2.75, 3.05) is 6.61 Å². The molecular weight excluding hydrogens is 282 g/mol. The van der Waals surface area contributed by atoms with E-state index in [2.05, 4.69) is 11.9 Å². The number of nitrogens with zero attached hydrogens (tertiary/aromatic N) is 1. The van der Waals surface area contributed by atoms with Gasteiger partial charge in [-0.05, 0) is 12.5 Å². The summed E-state index contributed by atoms with van der Waals surface area (Å²) in [6.07, 6.45) is 2.79. The Morgan fingerprint density at radius 1 is 1.32 bits per heavy atom. The molecule has 0 fully saturated rings. The second-order valence-corrected chi connectivity index (χ2v) is 5.25. The molecule has 0 bridgehead atoms. The van der Waals surface area contributed by atoms with E-state index in [1.165, 1.54) is 0 Å². The molecule has 3 nitrogen and oxygen atoms in total. The van der Waals surface area contributed by atoms with Crippen LogP contribution in [0.15, 0.2) is 29.9 Å². The normalized spacial score (nSPS) is 10.4. The van der Waals surface area contributed by atoms with Gasteiger partial charge in [0.2, 0.25) is 0 Å². The third kappa shape index (κ3) is 4.11. The Balaban J connectivity index is 2.07. The van der Waals surface area contributed by atoms with Crippen LogP contribution >= 0.6 is 22.9 Å². The lowest BCUT2D eigenvalue weighted by molar-refractivity contribution is 0.295. The molecule has 2 aromatic rings. The Morgan fingerprint density at radius 3 is 2.89 bits per heavy atom. The van der Waals surface area contributed by atoms with Crippen molar-refractivity contribution >= 4 is 22.9 Å². The van der Waals surface area contributed by atoms with Crippen LogP contribution < -0.4 is 9.47 Å². The first-order chi connectivity index (χ1) is 9.33. The van der Waals surface area contributed by atoms with E-state index >= 15 is 0 Å². The molecule has 1 heterocycles. The Kier molecular flexibility index (Phi) is 5.48. The van der Waals surface area contributed by atoms with E-state index in [9.17, 15) is 0 Å². The number of thiazole rings is 1. The number of ether oxygens (including phenoxy) is 2. The summed E-state index contributed by atoms with van der Waals surface area (Å²) in [5, 5.41) is 0. The first-order valence-electron chi connectivity index (χ1n) is 6.15. The molecule has 19 heavy (non-hydrogen) atoms. The molecule has 0 saturated carbocycles. The number of rotatable bonds is 7. The topological polar surface area (TPSA) is 31.4 Å². The van der Waals surface area contributed by atoms with Gasteiger partial charge in [0.05, 0.1) is 22.9 Å². The molecular formula is C14H16ClNO2S. The minimum atomic E-state index is 0.423. The first kappa shape index (κ1) is 14.2. The molecule has 0 spiro atoms. The van der Waals surface area contributed by atoms with Crippen LogP contribution in [0.2, 0.25) is 0 Å². The molecule has 0 saturated heterocycles. The molecule has 0 amide bonds. The zero-order valence-corrected chi connectivity index (χ0v) is 12.3. The highest BCUT2D eigenvalue weighted by Crippen LogP contribution is 2.27. The van der Waals surface area contributed by atoms with Crippen LogP contribution in [0.1, 0.15) is 23.8 Å². The molecule has 1 aromatic heterocycles. The largest absolute Gasteiger partial charge is 0.493 e. The lowest BCUT2D eigenvalue weighted by Gasteiger charge is -2.12. The Bertz CT molecular complexity index is 502. The third-order valence-electron chi connectivity index (χ3n) is 2.51. The van der Waals surface area contributed by atoms with Crippen LogP contribution in [0.4, 0.5) is 0 Å². The molecule has 0 radical (unpaired) electrons. The minimum Gasteiger partial charge on any atom is -0.493 e. The van der Waals surface area contributed by atoms with E-state index in [0.717, 1.165) is 28.4 Å². The van der Waals surface area contributed by atoms with Gasteiger partial charge in [-0.15, -0.1) is 22.9 Å². The molecule has 5 heteroatoms. The SMILES string of the molecule is CCCOc1ccc(CCl)c(OCc2cncs2)c1. The van der Waals surface area contributed by atoms with Gasteiger partial charge in [-0.25, -0.2) is 0 Å². The summed E-state index contributed by atoms with van der Waals surface area (Å²) >= 11 is 7.49. The number of halogens is 1. The summed E-state index contributed by atoms with van der Waals surface area (Å²) in [7, 11) is 0. The molecule has 0 unspecified atom stereocenters. The zero-order chi connectivity index (χ0) is 13.5. The number of hydrogen-bond acceptors (Lipinski definition) is 4. The number of benzene rings is 1. The van der Waals surface area contributed by atoms with Crippen LogP contribution in [0.5, 0.6) is 11.5 Å². The molecule has 0 aliphatic heterocycles. The standard InChI is InChI=1S/C14H16ClNO2S/c1-2-5-17-12-4-3-11(7-15)14(6-12)18-9-13-8-16-10-19-13/h3-4,6,8,10H,2,5,7,9H2,1H3. The molecule has 0 N–H and O–H groups in total. The van der Waals surface area contributed by atoms with Crippen LogP contribution in [0.25, 0.3) is 0 Å². The van der Waals surface area contributed by atoms with Gasteiger partial charge in [0, 0.05) is 17.8 Å². The quantitative estimate of drug-likeness (QED) is 0.716. The van der Waals surface area contributed by atoms with Gasteiger partial charge in [-0.2, -0.15) is 0 Å². The number of aromatic nitrogens is 1. The van der Waals surface area contributed by atoms with Gasteiger partial charge < -0.3 is 9.47 Å². The zero-order valence-electron chi connectivity index (χ0n) is 10.8. The van der Waals surface area contributed by atoms with Gasteiger partial charge in [0.1, 0.15) is 18.1 Å². The van der Waals surface area contributed by atoms with Crippen LogP contribution in [-0.2, 0) is 12.5 Å². The van der Waals surface area contributed by atoms with Crippen molar-refractivity contribution in [2.45, 2.75) is 25.8 Å². The Morgan fingerprint density at radius 2 is 2.21 bits per heavy atom. The average molecular weight is 298 g/mol. The van der Waals surface area contributed by atoms with Gasteiger partial charge in [-0.1, -0.05) is 13.0 Å². The van der Waals surface area contributed by atoms with E-state index in [0.29, 0.717) is 19.1 Å². The van der Waals surface area contributed by atoms with Crippen LogP contribution in [0, 0.1) is 0 Å². The van der Waals surface area contributed by atoms with Crippen molar-refractivity contribution in [2.24, 2.45) is 0 Å². The fraction of sp³-hybridized carbons (Fsp3) is 0.357. The molecule has 2 rings (SSSR count). The van der Waals surface area contributed by atoms with Gasteiger partial charge in [0.25, 0.3) is 0 Å². The number of alkyl halides is 1. The van der Waals surface area contributed by atoms with Gasteiger partial charge in [-0.3, -0.25) is 4.98 Å². The third-order valence-corrected chi connectivity index (χ3v) is 3.55. The maximum Gasteiger partial charge on any atom is 0.127 e. The van der Waals surface area contributed by atoms with Crippen molar-refractivity contribution in [1.29, 1.82) is 0 Å². The predicted octanol–water partition coefficient (Wildman–Crippen LogP) is 4.25. The fourth-order valence-electron chi connectivity index (χ4n) is 1.55. The second-order valence-electron chi connectivity index (χ2n) is 4.01. The molecule has 0 aliphatic carbocycles. The van der Waals surface area contributed by atoms with E-state index in [1.54, 1.807) is 16.8 Å². The molecule has 0 atom stereocenters. The van der Waals surface area contributed by atoms with Gasteiger partial charge >= 0.3 is 0 Å². The molecule has 1 aromatic carbocycles. The number of hydrogen-bond donors (Lipinski definition) is 0. The summed E-state index contributed by atoms with van der Waals surface area (Å²) in [6, 6.07) is 5.77. The maximum atomic E-state index is 5.92. The predicted molar refractivity (Wildman–Crippen MR) is 78.2 cm³/mol. The Hall–Kier alpha value is -1.26. The van der Waals surface area contributed by atoms with Crippen molar-refractivity contribution in [3.8, 4) is 11.5 Å². The Labute approximate surface area is 122 Å². The molecule has 0 aliphatic rings. The van der Waals surface area contributed by atoms with E-state index < -0.39 is 0 Å². The highest BCUT2D eigenvalue weighted by atomic mass is 35.5. The monoisotopic (exact) mass is 297 g/mol. The van der Waals surface area contributed by atoms with Crippen molar-refractivity contribution in [3.63, 3.8) is 0 Å². The van der Waals surface area contributed by atoms with Crippen molar-refractivity contribution in [3.05, 3.63) is 40.3 Å². The van der Waals surface area contributed by atoms with E-state index in [-0.39, 0.29) is 0 Å². The van der Waals surface area contributed by atoms with E-state index in [4.69, 9.17) is 21.1 Å². The maximum absolute atomic E-state index is 5.92. The molecule has 102 valence electrons. The summed E-state index contributed by atoms with van der Waals surface area (Å²) in [6.45, 7) is 3.29. The summed E-state index contributed by atoms with van der Waals surface area (Å²) in [4.78, 5) is 5.11. The van der Waals surface area contributed by atoms with Crippen LogP contribution in [-0.4, -0.2) is 11.6 Å². The van der Waals surface area contributed by atoms with Gasteiger partial charge in [0.15, 0.2) is 0 Å². The lowest BCUT2D eigenvalue weighted by atomic mass is 10.2. The average Bonchev–Trinajstić information content (AvgIpc) is 2.96. The second kappa shape index (κ2) is 7.36. The van der Waals surface area contributed by atoms with E-state index in [1.807, 2.05) is 24.4 Å². The summed E-state index contributed by atoms with van der Waals surface area (Å²) in [5.41, 5.74) is 2.76. The highest BCUT2D eigenvalue weighted by molar-refractivity contribution is 7.09. The first-order valence-corrected chi connectivity index (χ1v) is 7.56. The van der Waals surface area contributed by atoms with Crippen molar-refractivity contribution < 1.29 is 9.47 Å². The summed E-state index contributed by atoms with van der Waals surface area (Å²) in [5.74, 6) is 2.01. The fourth-order valence-corrected chi connectivity index (χ4v) is 2.28. The highest BCUT2D eigenvalue weighted by Gasteiger charge is 2.06. The smallest absolute Gasteiger partial charge is 0.127 e.